The van der Waals surface area contributed by atoms with Gasteiger partial charge in [-0.3, -0.25) is 0 Å². The van der Waals surface area contributed by atoms with Crippen LogP contribution in [0.5, 0.6) is 0 Å². The zero-order valence-corrected chi connectivity index (χ0v) is 7.22. The second kappa shape index (κ2) is 4.74. The van der Waals surface area contributed by atoms with Crippen molar-refractivity contribution < 1.29 is 10.2 Å². The molecule has 0 aromatic rings. The summed E-state index contributed by atoms with van der Waals surface area (Å²) in [4.78, 5) is 0. The van der Waals surface area contributed by atoms with Gasteiger partial charge in [0.05, 0.1) is 0 Å². The molecule has 0 unspecified atom stereocenters. The topological polar surface area (TPSA) is 40.5 Å². The number of aliphatic hydroxyl groups excluding tert-OH is 1. The molecular formula is C2H9O2Sb. The maximum atomic E-state index is 7.61. The van der Waals surface area contributed by atoms with E-state index in [1.165, 1.54) is 6.92 Å². The Morgan fingerprint density at radius 1 is 1.40 bits per heavy atom. The monoisotopic (exact) mass is 186 g/mol. The molecule has 0 saturated heterocycles. The van der Waals surface area contributed by atoms with Crippen molar-refractivity contribution in [3.63, 3.8) is 0 Å². The molecule has 0 fully saturated rings. The van der Waals surface area contributed by atoms with Crippen LogP contribution in [0.25, 0.3) is 0 Å². The Balaban J connectivity index is 0. The summed E-state index contributed by atoms with van der Waals surface area (Å²) in [6, 6.07) is 0. The summed E-state index contributed by atoms with van der Waals surface area (Å²) in [6.45, 7) is 1.28. The van der Waals surface area contributed by atoms with Crippen LogP contribution < -0.4 is 0 Å². The third-order valence-corrected chi connectivity index (χ3v) is 0. The molecule has 2 N–H and O–H groups in total. The van der Waals surface area contributed by atoms with Crippen LogP contribution in [0.1, 0.15) is 6.92 Å². The van der Waals surface area contributed by atoms with Crippen molar-refractivity contribution >= 4 is 24.4 Å². The van der Waals surface area contributed by atoms with Crippen LogP contribution in [-0.4, -0.2) is 40.9 Å². The van der Waals surface area contributed by atoms with E-state index in [9.17, 15) is 0 Å². The van der Waals surface area contributed by atoms with Crippen molar-refractivity contribution in [1.82, 2.24) is 0 Å². The van der Waals surface area contributed by atoms with Crippen molar-refractivity contribution in [3.8, 4) is 0 Å². The van der Waals surface area contributed by atoms with Crippen molar-refractivity contribution in [1.29, 1.82) is 0 Å². The molecule has 0 spiro atoms. The minimum atomic E-state index is -1.17. The molecule has 0 bridgehead atoms. The van der Waals surface area contributed by atoms with Gasteiger partial charge in [0.1, 0.15) is 6.29 Å². The summed E-state index contributed by atoms with van der Waals surface area (Å²) in [7, 11) is 0. The number of hydrogen-bond acceptors (Lipinski definition) is 2. The van der Waals surface area contributed by atoms with Gasteiger partial charge in [0.15, 0.2) is 0 Å². The molecule has 0 aliphatic heterocycles. The Labute approximate surface area is 48.3 Å². The summed E-state index contributed by atoms with van der Waals surface area (Å²) in [5, 5.41) is 15.2. The van der Waals surface area contributed by atoms with E-state index in [0.29, 0.717) is 0 Å². The zero-order chi connectivity index (χ0) is 3.58. The van der Waals surface area contributed by atoms with Gasteiger partial charge in [-0.15, -0.1) is 0 Å². The fourth-order valence-corrected chi connectivity index (χ4v) is 0. The average molecular weight is 187 g/mol. The number of rotatable bonds is 0. The fourth-order valence-electron chi connectivity index (χ4n) is 0. The summed E-state index contributed by atoms with van der Waals surface area (Å²) >= 11 is 0. The fraction of sp³-hybridized carbons (Fsp3) is 1.00. The van der Waals surface area contributed by atoms with Gasteiger partial charge in [0, 0.05) is 0 Å². The summed E-state index contributed by atoms with van der Waals surface area (Å²) in [5.74, 6) is 0. The molecule has 0 radical (unpaired) electrons. The second-order valence-electron chi connectivity index (χ2n) is 0.632. The van der Waals surface area contributed by atoms with Crippen LogP contribution in [0.2, 0.25) is 0 Å². The Hall–Kier alpha value is 0.738. The Morgan fingerprint density at radius 2 is 1.40 bits per heavy atom. The van der Waals surface area contributed by atoms with Crippen molar-refractivity contribution in [2.75, 3.05) is 0 Å². The molecular weight excluding hydrogens is 178 g/mol. The SMILES string of the molecule is CC(O)O.[SbH3]. The minimum absolute atomic E-state index is 0. The third-order valence-electron chi connectivity index (χ3n) is 0. The molecule has 0 aromatic heterocycles. The molecule has 2 nitrogen and oxygen atoms in total. The first-order valence-corrected chi connectivity index (χ1v) is 1.09. The molecule has 0 rings (SSSR count). The van der Waals surface area contributed by atoms with Gasteiger partial charge in [-0.05, 0) is 6.92 Å². The predicted octanol–water partition coefficient (Wildman–Crippen LogP) is -1.87. The normalized spacial score (nSPS) is 7.20. The van der Waals surface area contributed by atoms with Crippen molar-refractivity contribution in [2.45, 2.75) is 13.2 Å². The van der Waals surface area contributed by atoms with Gasteiger partial charge in [0.2, 0.25) is 0 Å². The molecule has 5 heavy (non-hydrogen) atoms. The van der Waals surface area contributed by atoms with Gasteiger partial charge in [-0.2, -0.15) is 0 Å². The first-order valence-electron chi connectivity index (χ1n) is 1.09. The molecule has 0 aliphatic carbocycles. The van der Waals surface area contributed by atoms with Gasteiger partial charge >= 0.3 is 24.4 Å². The molecule has 0 aliphatic rings. The molecule has 0 aromatic carbocycles. The van der Waals surface area contributed by atoms with Crippen LogP contribution in [0, 0.1) is 0 Å². The number of hydrogen-bond donors (Lipinski definition) is 2. The standard InChI is InChI=1S/C2H6O2.Sb.3H/c1-2(3)4;;;;/h2-4H,1H3;;;;. The van der Waals surface area contributed by atoms with E-state index < -0.39 is 6.29 Å². The van der Waals surface area contributed by atoms with E-state index in [1.54, 1.807) is 0 Å². The molecule has 34 valence electrons. The van der Waals surface area contributed by atoms with Gasteiger partial charge in [0.25, 0.3) is 0 Å². The maximum absolute atomic E-state index is 7.61. The van der Waals surface area contributed by atoms with Gasteiger partial charge < -0.3 is 10.2 Å². The van der Waals surface area contributed by atoms with Gasteiger partial charge in [-0.1, -0.05) is 0 Å². The summed E-state index contributed by atoms with van der Waals surface area (Å²) in [6.07, 6.45) is -1.17. The van der Waals surface area contributed by atoms with Crippen LogP contribution in [0.3, 0.4) is 0 Å². The summed E-state index contributed by atoms with van der Waals surface area (Å²) < 4.78 is 0. The second-order valence-corrected chi connectivity index (χ2v) is 0.632. The van der Waals surface area contributed by atoms with E-state index in [-0.39, 0.29) is 24.4 Å². The first kappa shape index (κ1) is 9.22. The average Bonchev–Trinajstić information content (AvgIpc) is 0.811. The Bertz CT molecular complexity index is 12.4. The van der Waals surface area contributed by atoms with E-state index in [1.807, 2.05) is 0 Å². The first-order chi connectivity index (χ1) is 1.73. The van der Waals surface area contributed by atoms with E-state index in [2.05, 4.69) is 0 Å². The molecule has 0 atom stereocenters. The van der Waals surface area contributed by atoms with Crippen LogP contribution >= 0.6 is 0 Å². The molecule has 3 heteroatoms. The van der Waals surface area contributed by atoms with Crippen molar-refractivity contribution in [2.24, 2.45) is 0 Å². The predicted molar refractivity (Wildman–Crippen MR) is 23.8 cm³/mol. The van der Waals surface area contributed by atoms with Crippen LogP contribution in [-0.2, 0) is 0 Å². The molecule has 0 heterocycles. The molecule has 0 saturated carbocycles. The van der Waals surface area contributed by atoms with E-state index in [0.717, 1.165) is 0 Å². The third kappa shape index (κ3) is 65.2. The summed E-state index contributed by atoms with van der Waals surface area (Å²) in [5.41, 5.74) is 0. The quantitative estimate of drug-likeness (QED) is 0.344. The van der Waals surface area contributed by atoms with Crippen molar-refractivity contribution in [3.05, 3.63) is 0 Å². The zero-order valence-electron chi connectivity index (χ0n) is 3.18. The number of aliphatic hydroxyl groups is 2. The Kier molecular flexibility index (Phi) is 8.74. The van der Waals surface area contributed by atoms with Crippen LogP contribution in [0.4, 0.5) is 0 Å². The van der Waals surface area contributed by atoms with Crippen LogP contribution in [0.15, 0.2) is 0 Å². The Morgan fingerprint density at radius 3 is 1.40 bits per heavy atom. The van der Waals surface area contributed by atoms with Gasteiger partial charge in [-0.25, -0.2) is 0 Å². The van der Waals surface area contributed by atoms with E-state index >= 15 is 0 Å². The molecule has 0 amide bonds. The van der Waals surface area contributed by atoms with E-state index in [4.69, 9.17) is 10.2 Å².